The van der Waals surface area contributed by atoms with Crippen LogP contribution >= 0.6 is 0 Å². The number of benzene rings is 3. The third-order valence-corrected chi connectivity index (χ3v) is 6.14. The molecule has 3 aromatic carbocycles. The van der Waals surface area contributed by atoms with Crippen LogP contribution in [0.3, 0.4) is 0 Å². The first-order valence-corrected chi connectivity index (χ1v) is 9.81. The predicted octanol–water partition coefficient (Wildman–Crippen LogP) is 4.98. The van der Waals surface area contributed by atoms with E-state index in [1.807, 2.05) is 13.0 Å². The molecule has 0 saturated carbocycles. The van der Waals surface area contributed by atoms with E-state index in [2.05, 4.69) is 0 Å². The second-order valence-electron chi connectivity index (χ2n) is 6.39. The molecule has 0 aromatic heterocycles. The summed E-state index contributed by atoms with van der Waals surface area (Å²) in [5.74, 6) is -1.08. The van der Waals surface area contributed by atoms with Crippen LogP contribution in [-0.4, -0.2) is 8.42 Å². The lowest BCUT2D eigenvalue weighted by molar-refractivity contribution is 0.584. The smallest absolute Gasteiger partial charge is 0.262 e. The van der Waals surface area contributed by atoms with E-state index < -0.39 is 21.7 Å². The van der Waals surface area contributed by atoms with Crippen molar-refractivity contribution in [3.05, 3.63) is 95.1 Å². The summed E-state index contributed by atoms with van der Waals surface area (Å²) in [5, 5.41) is 0. The lowest BCUT2D eigenvalue weighted by Gasteiger charge is -2.26. The molecule has 0 fully saturated rings. The van der Waals surface area contributed by atoms with E-state index in [1.165, 1.54) is 34.6 Å². The molecule has 0 aliphatic carbocycles. The number of aryl methyl sites for hydroxylation is 2. The Morgan fingerprint density at radius 3 is 2.26 bits per heavy atom. The van der Waals surface area contributed by atoms with E-state index in [1.54, 1.807) is 31.2 Å². The number of hydrogen-bond acceptors (Lipinski definition) is 2. The van der Waals surface area contributed by atoms with Gasteiger partial charge in [-0.3, -0.25) is 4.31 Å². The predicted molar refractivity (Wildman–Crippen MR) is 102 cm³/mol. The molecule has 0 saturated heterocycles. The van der Waals surface area contributed by atoms with Gasteiger partial charge in [0, 0.05) is 0 Å². The van der Waals surface area contributed by atoms with E-state index in [0.717, 1.165) is 11.6 Å². The van der Waals surface area contributed by atoms with Gasteiger partial charge in [0.15, 0.2) is 0 Å². The van der Waals surface area contributed by atoms with E-state index in [9.17, 15) is 17.2 Å². The summed E-state index contributed by atoms with van der Waals surface area (Å²) in [6.45, 7) is 3.40. The fraction of sp³-hybridized carbons (Fsp3) is 0.143. The van der Waals surface area contributed by atoms with Crippen molar-refractivity contribution in [2.45, 2.75) is 25.3 Å². The van der Waals surface area contributed by atoms with Gasteiger partial charge in [0.05, 0.1) is 17.1 Å². The van der Waals surface area contributed by atoms with Gasteiger partial charge in [-0.1, -0.05) is 30.3 Å². The van der Waals surface area contributed by atoms with E-state index in [0.29, 0.717) is 16.8 Å². The maximum absolute atomic E-state index is 13.8. The highest BCUT2D eigenvalue weighted by molar-refractivity contribution is 7.92. The van der Waals surface area contributed by atoms with Crippen molar-refractivity contribution in [3.8, 4) is 0 Å². The number of hydrogen-bond donors (Lipinski definition) is 0. The molecule has 0 spiro atoms. The molecule has 6 heteroatoms. The lowest BCUT2D eigenvalue weighted by atomic mass is 10.2. The van der Waals surface area contributed by atoms with Crippen LogP contribution in [0.1, 0.15) is 16.7 Å². The van der Waals surface area contributed by atoms with Crippen LogP contribution in [-0.2, 0) is 16.6 Å². The number of halogens is 2. The molecule has 140 valence electrons. The highest BCUT2D eigenvalue weighted by Gasteiger charge is 2.27. The minimum absolute atomic E-state index is 0.0699. The van der Waals surface area contributed by atoms with E-state index in [4.69, 9.17) is 0 Å². The van der Waals surface area contributed by atoms with Crippen molar-refractivity contribution >= 4 is 15.7 Å². The molecule has 27 heavy (non-hydrogen) atoms. The van der Waals surface area contributed by atoms with Gasteiger partial charge in [-0.15, -0.1) is 0 Å². The Morgan fingerprint density at radius 2 is 1.56 bits per heavy atom. The van der Waals surface area contributed by atoms with Crippen LogP contribution in [0.25, 0.3) is 0 Å². The Morgan fingerprint density at radius 1 is 0.852 bits per heavy atom. The van der Waals surface area contributed by atoms with Gasteiger partial charge in [-0.2, -0.15) is 0 Å². The number of nitrogens with zero attached hydrogens (tertiary/aromatic N) is 1. The van der Waals surface area contributed by atoms with Crippen molar-refractivity contribution in [2.75, 3.05) is 4.31 Å². The van der Waals surface area contributed by atoms with Gasteiger partial charge in [-0.25, -0.2) is 17.2 Å². The monoisotopic (exact) mass is 387 g/mol. The van der Waals surface area contributed by atoms with Crippen molar-refractivity contribution in [1.82, 2.24) is 0 Å². The van der Waals surface area contributed by atoms with Crippen LogP contribution in [0.2, 0.25) is 0 Å². The summed E-state index contributed by atoms with van der Waals surface area (Å²) in [4.78, 5) is -0.111. The minimum atomic E-state index is -4.06. The zero-order valence-electron chi connectivity index (χ0n) is 15.0. The Balaban J connectivity index is 2.15. The topological polar surface area (TPSA) is 37.4 Å². The summed E-state index contributed by atoms with van der Waals surface area (Å²) < 4.78 is 55.3. The Labute approximate surface area is 157 Å². The summed E-state index contributed by atoms with van der Waals surface area (Å²) in [5.41, 5.74) is 2.24. The second-order valence-corrected chi connectivity index (χ2v) is 8.22. The first-order valence-electron chi connectivity index (χ1n) is 8.37. The van der Waals surface area contributed by atoms with Crippen LogP contribution < -0.4 is 4.31 Å². The summed E-state index contributed by atoms with van der Waals surface area (Å²) in [6.07, 6.45) is 0. The Kier molecular flexibility index (Phi) is 5.28. The SMILES string of the molecule is Cc1cccc(N(Cc2cccc(F)c2)S(=O)(=O)c2cc(F)ccc2C)c1. The van der Waals surface area contributed by atoms with Crippen LogP contribution in [0.15, 0.2) is 71.6 Å². The first-order chi connectivity index (χ1) is 12.8. The number of anilines is 1. The van der Waals surface area contributed by atoms with Crippen LogP contribution in [0, 0.1) is 25.5 Å². The average molecular weight is 387 g/mol. The molecule has 0 aliphatic rings. The zero-order valence-corrected chi connectivity index (χ0v) is 15.8. The molecule has 0 bridgehead atoms. The van der Waals surface area contributed by atoms with Crippen molar-refractivity contribution in [1.29, 1.82) is 0 Å². The van der Waals surface area contributed by atoms with Gasteiger partial charge in [0.1, 0.15) is 11.6 Å². The van der Waals surface area contributed by atoms with Crippen LogP contribution in [0.5, 0.6) is 0 Å². The summed E-state index contributed by atoms with van der Waals surface area (Å²) in [7, 11) is -4.06. The molecule has 0 unspecified atom stereocenters. The second kappa shape index (κ2) is 7.48. The highest BCUT2D eigenvalue weighted by atomic mass is 32.2. The van der Waals surface area contributed by atoms with Crippen LogP contribution in [0.4, 0.5) is 14.5 Å². The van der Waals surface area contributed by atoms with Gasteiger partial charge >= 0.3 is 0 Å². The maximum atomic E-state index is 13.8. The number of rotatable bonds is 5. The van der Waals surface area contributed by atoms with Crippen molar-refractivity contribution in [3.63, 3.8) is 0 Å². The third kappa shape index (κ3) is 4.17. The molecular formula is C21H19F2NO2S. The van der Waals surface area contributed by atoms with Gasteiger partial charge < -0.3 is 0 Å². The quantitative estimate of drug-likeness (QED) is 0.619. The molecule has 0 aliphatic heterocycles. The maximum Gasteiger partial charge on any atom is 0.264 e. The van der Waals surface area contributed by atoms with Crippen molar-refractivity contribution < 1.29 is 17.2 Å². The molecule has 3 aromatic rings. The summed E-state index contributed by atoms with van der Waals surface area (Å²) in [6, 6.07) is 16.4. The van der Waals surface area contributed by atoms with Crippen molar-refractivity contribution in [2.24, 2.45) is 0 Å². The molecule has 3 nitrogen and oxygen atoms in total. The lowest BCUT2D eigenvalue weighted by Crippen LogP contribution is -2.31. The standard InChI is InChI=1S/C21H19F2NO2S/c1-15-5-3-8-20(11-15)24(14-17-6-4-7-18(22)12-17)27(25,26)21-13-19(23)10-9-16(21)2/h3-13H,14H2,1-2H3. The van der Waals surface area contributed by atoms with Gasteiger partial charge in [-0.05, 0) is 66.9 Å². The molecule has 0 radical (unpaired) electrons. The summed E-state index contributed by atoms with van der Waals surface area (Å²) >= 11 is 0. The normalized spacial score (nSPS) is 11.4. The largest absolute Gasteiger partial charge is 0.264 e. The average Bonchev–Trinajstić information content (AvgIpc) is 2.61. The zero-order chi connectivity index (χ0) is 19.6. The molecule has 0 atom stereocenters. The van der Waals surface area contributed by atoms with E-state index >= 15 is 0 Å². The Bertz CT molecular complexity index is 1080. The fourth-order valence-corrected chi connectivity index (χ4v) is 4.55. The van der Waals surface area contributed by atoms with Gasteiger partial charge in [0.2, 0.25) is 0 Å². The molecule has 0 heterocycles. The fourth-order valence-electron chi connectivity index (χ4n) is 2.87. The van der Waals surface area contributed by atoms with E-state index in [-0.39, 0.29) is 11.4 Å². The number of sulfonamides is 1. The minimum Gasteiger partial charge on any atom is -0.262 e. The van der Waals surface area contributed by atoms with Gasteiger partial charge in [0.25, 0.3) is 10.0 Å². The molecule has 0 amide bonds. The third-order valence-electron chi connectivity index (χ3n) is 4.22. The molecule has 0 N–H and O–H groups in total. The molecule has 3 rings (SSSR count). The highest BCUT2D eigenvalue weighted by Crippen LogP contribution is 2.29. The first kappa shape index (κ1) is 19.0. The Hall–Kier alpha value is -2.73. The molecular weight excluding hydrogens is 368 g/mol.